The lowest BCUT2D eigenvalue weighted by atomic mass is 9.54. The first-order valence-corrected chi connectivity index (χ1v) is 17.4. The lowest BCUT2D eigenvalue weighted by Crippen LogP contribution is -2.60. The number of para-hydroxylation sites is 1. The van der Waals surface area contributed by atoms with E-state index in [2.05, 4.69) is 20.3 Å². The number of benzene rings is 1. The molecular formula is C29H30N5O8PS. The number of nitrogens with zero attached hydrogens (tertiary/aromatic N) is 4. The predicted molar refractivity (Wildman–Crippen MR) is 159 cm³/mol. The van der Waals surface area contributed by atoms with Gasteiger partial charge >= 0.3 is 7.82 Å². The fourth-order valence-electron chi connectivity index (χ4n) is 7.86. The normalized spacial score (nSPS) is 26.3. The van der Waals surface area contributed by atoms with Gasteiger partial charge < -0.3 is 15.1 Å². The zero-order valence-corrected chi connectivity index (χ0v) is 25.2. The lowest BCUT2D eigenvalue weighted by molar-refractivity contribution is -0.115. The van der Waals surface area contributed by atoms with Gasteiger partial charge in [-0.05, 0) is 80.0 Å². The number of phosphoric ester groups is 1. The summed E-state index contributed by atoms with van der Waals surface area (Å²) in [6.45, 7) is 0.295. The molecular weight excluding hydrogens is 609 g/mol. The Hall–Kier alpha value is -3.55. The maximum absolute atomic E-state index is 14.0. The van der Waals surface area contributed by atoms with Crippen LogP contribution in [0.25, 0.3) is 21.8 Å². The van der Waals surface area contributed by atoms with Crippen LogP contribution in [0.15, 0.2) is 59.9 Å². The number of carbonyl (C=O) groups excluding carboxylic acids is 1. The van der Waals surface area contributed by atoms with E-state index in [1.807, 2.05) is 30.3 Å². The highest BCUT2D eigenvalue weighted by molar-refractivity contribution is 7.90. The lowest BCUT2D eigenvalue weighted by Gasteiger charge is -2.58. The van der Waals surface area contributed by atoms with Crippen molar-refractivity contribution in [3.8, 4) is 0 Å². The maximum Gasteiger partial charge on any atom is 0.470 e. The molecule has 0 saturated heterocycles. The molecule has 2 unspecified atom stereocenters. The third-order valence-electron chi connectivity index (χ3n) is 9.26. The third-order valence-corrected chi connectivity index (χ3v) is 12.1. The molecule has 1 aromatic carbocycles. The SMILES string of the molecule is O=C(NCCc1cnc2ccccc2c1)c1cc2c(=O)n(S(=O)(=O)C3C4CC5CC3CC(OP(=O)(O)O)(C5)C4)cnc2cn1. The standard InChI is InChI=1S/C29H30N5O8PS/c35-27(30-6-5-17-7-19-3-1-2-4-23(19)31-14-17)24-10-22-25(15-32-24)33-16-34(28(22)36)44(40,41)26-20-8-18-9-21(26)13-29(11-18,12-20)42-43(37,38)39/h1-4,7,10,14-16,18,20-21,26H,5-6,8-9,11-13H2,(H,30,35)(H2,37,38,39). The Bertz CT molecular complexity index is 2010. The number of pyridine rings is 2. The van der Waals surface area contributed by atoms with Gasteiger partial charge in [0.15, 0.2) is 0 Å². The van der Waals surface area contributed by atoms with E-state index in [4.69, 9.17) is 4.52 Å². The van der Waals surface area contributed by atoms with E-state index in [9.17, 15) is 32.4 Å². The highest BCUT2D eigenvalue weighted by atomic mass is 32.2. The zero-order chi connectivity index (χ0) is 30.9. The van der Waals surface area contributed by atoms with Crippen molar-refractivity contribution in [3.63, 3.8) is 0 Å². The van der Waals surface area contributed by atoms with Gasteiger partial charge in [-0.25, -0.2) is 23.0 Å². The zero-order valence-electron chi connectivity index (χ0n) is 23.4. The van der Waals surface area contributed by atoms with E-state index in [0.29, 0.717) is 36.2 Å². The molecule has 3 heterocycles. The third kappa shape index (κ3) is 5.24. The number of amides is 1. The summed E-state index contributed by atoms with van der Waals surface area (Å²) in [7, 11) is -9.01. The Morgan fingerprint density at radius 1 is 1.05 bits per heavy atom. The number of rotatable bonds is 8. The van der Waals surface area contributed by atoms with E-state index < -0.39 is 52.0 Å². The van der Waals surface area contributed by atoms with Crippen molar-refractivity contribution in [2.75, 3.05) is 6.54 Å². The minimum absolute atomic E-state index is 0.0469. The molecule has 2 atom stereocenters. The van der Waals surface area contributed by atoms with Gasteiger partial charge in [0.2, 0.25) is 10.0 Å². The van der Waals surface area contributed by atoms with Crippen molar-refractivity contribution in [2.24, 2.45) is 17.8 Å². The van der Waals surface area contributed by atoms with Gasteiger partial charge in [0.05, 0.1) is 33.5 Å². The van der Waals surface area contributed by atoms with Crippen LogP contribution in [-0.2, 0) is 25.5 Å². The Labute approximate surface area is 252 Å². The minimum Gasteiger partial charge on any atom is -0.350 e. The molecule has 4 aromatic rings. The first kappa shape index (κ1) is 29.2. The van der Waals surface area contributed by atoms with Gasteiger partial charge in [0, 0.05) is 18.1 Å². The molecule has 4 fully saturated rings. The van der Waals surface area contributed by atoms with Gasteiger partial charge in [-0.15, -0.1) is 0 Å². The van der Waals surface area contributed by atoms with Gasteiger partial charge in [0.1, 0.15) is 12.0 Å². The molecule has 4 aliphatic carbocycles. The van der Waals surface area contributed by atoms with Crippen molar-refractivity contribution in [1.29, 1.82) is 0 Å². The Balaban J connectivity index is 1.11. The number of aromatic nitrogens is 4. The highest BCUT2D eigenvalue weighted by Gasteiger charge is 2.61. The Kier molecular flexibility index (Phi) is 6.98. The van der Waals surface area contributed by atoms with Crippen LogP contribution in [0.1, 0.15) is 48.2 Å². The smallest absolute Gasteiger partial charge is 0.350 e. The fraction of sp³-hybridized carbons (Fsp3) is 0.414. The van der Waals surface area contributed by atoms with Crippen molar-refractivity contribution >= 4 is 45.6 Å². The predicted octanol–water partition coefficient (Wildman–Crippen LogP) is 2.55. The first-order chi connectivity index (χ1) is 20.9. The summed E-state index contributed by atoms with van der Waals surface area (Å²) in [4.78, 5) is 58.2. The average Bonchev–Trinajstić information content (AvgIpc) is 2.95. The van der Waals surface area contributed by atoms with E-state index in [-0.39, 0.29) is 35.4 Å². The fourth-order valence-corrected chi connectivity index (χ4v) is 10.7. The monoisotopic (exact) mass is 639 g/mol. The summed E-state index contributed by atoms with van der Waals surface area (Å²) in [5.41, 5.74) is 0.0320. The van der Waals surface area contributed by atoms with Crippen LogP contribution < -0.4 is 10.9 Å². The van der Waals surface area contributed by atoms with Crippen molar-refractivity contribution in [3.05, 3.63) is 76.7 Å². The van der Waals surface area contributed by atoms with Crippen LogP contribution in [0, 0.1) is 17.8 Å². The van der Waals surface area contributed by atoms with Gasteiger partial charge in [-0.3, -0.25) is 19.1 Å². The molecule has 0 radical (unpaired) electrons. The van der Waals surface area contributed by atoms with Crippen LogP contribution in [0.3, 0.4) is 0 Å². The topological polar surface area (TPSA) is 191 Å². The number of nitrogens with one attached hydrogen (secondary N) is 1. The second-order valence-corrected chi connectivity index (χ2v) is 15.4. The molecule has 4 aliphatic rings. The van der Waals surface area contributed by atoms with Crippen LogP contribution >= 0.6 is 7.82 Å². The average molecular weight is 640 g/mol. The van der Waals surface area contributed by atoms with Gasteiger partial charge in [0.25, 0.3) is 11.5 Å². The highest BCUT2D eigenvalue weighted by Crippen LogP contribution is 2.62. The van der Waals surface area contributed by atoms with Crippen LogP contribution in [0.2, 0.25) is 0 Å². The molecule has 1 amide bonds. The molecule has 15 heteroatoms. The minimum atomic E-state index is -4.77. The van der Waals surface area contributed by atoms with E-state index in [0.717, 1.165) is 22.8 Å². The second-order valence-electron chi connectivity index (χ2n) is 12.2. The molecule has 0 spiro atoms. The second kappa shape index (κ2) is 10.5. The first-order valence-electron chi connectivity index (χ1n) is 14.4. The molecule has 4 bridgehead atoms. The van der Waals surface area contributed by atoms with Crippen molar-refractivity contribution in [2.45, 2.75) is 49.4 Å². The number of hydrogen-bond acceptors (Lipinski definition) is 9. The van der Waals surface area contributed by atoms with E-state index in [1.165, 1.54) is 12.3 Å². The molecule has 4 saturated carbocycles. The number of carbonyl (C=O) groups is 1. The molecule has 0 aliphatic heterocycles. The van der Waals surface area contributed by atoms with Gasteiger partial charge in [-0.2, -0.15) is 3.97 Å². The summed E-state index contributed by atoms with van der Waals surface area (Å²) < 4.78 is 45.5. The summed E-state index contributed by atoms with van der Waals surface area (Å²) in [6.07, 6.45) is 6.53. The maximum atomic E-state index is 14.0. The molecule has 13 nitrogen and oxygen atoms in total. The number of fused-ring (bicyclic) bond motifs is 2. The van der Waals surface area contributed by atoms with Crippen LogP contribution in [0.5, 0.6) is 0 Å². The molecule has 3 aromatic heterocycles. The number of hydrogen-bond donors (Lipinski definition) is 3. The van der Waals surface area contributed by atoms with E-state index >= 15 is 0 Å². The summed E-state index contributed by atoms with van der Waals surface area (Å²) in [6, 6.07) is 11.0. The number of phosphoric acid groups is 1. The quantitative estimate of drug-likeness (QED) is 0.240. The Morgan fingerprint density at radius 3 is 2.55 bits per heavy atom. The van der Waals surface area contributed by atoms with Crippen molar-refractivity contribution < 1.29 is 32.1 Å². The van der Waals surface area contributed by atoms with Gasteiger partial charge in [-0.1, -0.05) is 18.2 Å². The van der Waals surface area contributed by atoms with E-state index in [1.54, 1.807) is 6.20 Å². The van der Waals surface area contributed by atoms with Crippen molar-refractivity contribution in [1.82, 2.24) is 24.2 Å². The van der Waals surface area contributed by atoms with Crippen LogP contribution in [-0.4, -0.2) is 60.4 Å². The Morgan fingerprint density at radius 2 is 1.80 bits per heavy atom. The molecule has 230 valence electrons. The molecule has 8 rings (SSSR count). The molecule has 3 N–H and O–H groups in total. The summed E-state index contributed by atoms with van der Waals surface area (Å²) >= 11 is 0. The largest absolute Gasteiger partial charge is 0.470 e. The summed E-state index contributed by atoms with van der Waals surface area (Å²) in [5.74, 6) is -1.26. The van der Waals surface area contributed by atoms with Crippen LogP contribution in [0.4, 0.5) is 0 Å². The summed E-state index contributed by atoms with van der Waals surface area (Å²) in [5, 5.41) is 2.81. The molecule has 44 heavy (non-hydrogen) atoms.